The Kier molecular flexibility index (Phi) is 11.3. The second kappa shape index (κ2) is 16.8. The maximum absolute atomic E-state index is 14.1. The molecule has 284 valence electrons. The van der Waals surface area contributed by atoms with Crippen LogP contribution in [0.2, 0.25) is 0 Å². The van der Waals surface area contributed by atoms with Crippen molar-refractivity contribution in [3.05, 3.63) is 165 Å². The second-order valence-corrected chi connectivity index (χ2v) is 16.9. The van der Waals surface area contributed by atoms with Crippen LogP contribution in [0.25, 0.3) is 10.1 Å². The highest BCUT2D eigenvalue weighted by atomic mass is 32.2. The number of ether oxygens (including phenoxy) is 2. The largest absolute Gasteiger partial charge is 0.448 e. The summed E-state index contributed by atoms with van der Waals surface area (Å²) < 4.78 is 13.4. The fourth-order valence-corrected chi connectivity index (χ4v) is 10.2. The predicted octanol–water partition coefficient (Wildman–Crippen LogP) is 7.16. The molecule has 5 aromatic rings. The van der Waals surface area contributed by atoms with Gasteiger partial charge in [-0.2, -0.15) is 0 Å². The highest BCUT2D eigenvalue weighted by Crippen LogP contribution is 2.42. The quantitative estimate of drug-likeness (QED) is 0.0885. The Balaban J connectivity index is 0.979. The van der Waals surface area contributed by atoms with Gasteiger partial charge < -0.3 is 25.0 Å². The average Bonchev–Trinajstić information content (AvgIpc) is 3.25. The van der Waals surface area contributed by atoms with Crippen LogP contribution in [0.4, 0.5) is 10.5 Å². The summed E-state index contributed by atoms with van der Waals surface area (Å²) in [6.45, 7) is 2.57. The summed E-state index contributed by atoms with van der Waals surface area (Å²) in [5, 5.41) is 2.13. The molecule has 0 aliphatic carbocycles. The van der Waals surface area contributed by atoms with Crippen molar-refractivity contribution < 1.29 is 23.9 Å². The van der Waals surface area contributed by atoms with Crippen molar-refractivity contribution in [1.82, 2.24) is 9.80 Å². The molecule has 3 aliphatic heterocycles. The van der Waals surface area contributed by atoms with E-state index in [9.17, 15) is 19.2 Å². The van der Waals surface area contributed by atoms with E-state index in [-0.39, 0.29) is 35.1 Å². The maximum Gasteiger partial charge on any atom is 0.410 e. The Morgan fingerprint density at radius 3 is 2.20 bits per heavy atom. The van der Waals surface area contributed by atoms with Gasteiger partial charge in [-0.3, -0.25) is 14.5 Å². The number of β-lactam (4-membered cyclic amide) rings is 1. The minimum absolute atomic E-state index is 0.0836. The molecule has 0 unspecified atom stereocenters. The highest BCUT2D eigenvalue weighted by Gasteiger charge is 2.52. The zero-order valence-corrected chi connectivity index (χ0v) is 32.6. The first-order chi connectivity index (χ1) is 27.3. The number of nitrogens with two attached hydrogens (primary N) is 1. The molecule has 0 bridgehead atoms. The second-order valence-electron chi connectivity index (χ2n) is 13.5. The summed E-state index contributed by atoms with van der Waals surface area (Å²) in [7, 11) is 0. The third-order valence-corrected chi connectivity index (χ3v) is 13.3. The Bertz CT molecular complexity index is 2330. The molecule has 2 atom stereocenters. The van der Waals surface area contributed by atoms with E-state index in [1.165, 1.54) is 39.8 Å². The van der Waals surface area contributed by atoms with Crippen LogP contribution in [0.3, 0.4) is 0 Å². The molecule has 0 radical (unpaired) electrons. The molecule has 56 heavy (non-hydrogen) atoms. The van der Waals surface area contributed by atoms with E-state index in [2.05, 4.69) is 4.90 Å². The minimum Gasteiger partial charge on any atom is -0.448 e. The fourth-order valence-electron chi connectivity index (χ4n) is 6.92. The van der Waals surface area contributed by atoms with Crippen molar-refractivity contribution in [3.8, 4) is 0 Å². The van der Waals surface area contributed by atoms with E-state index in [1.54, 1.807) is 11.0 Å². The number of allylic oxidation sites excluding steroid dienone is 1. The van der Waals surface area contributed by atoms with Gasteiger partial charge in [0.1, 0.15) is 23.7 Å². The molecular formula is C43H38N4O6S3. The molecular weight excluding hydrogens is 765 g/mol. The van der Waals surface area contributed by atoms with Gasteiger partial charge in [0, 0.05) is 53.8 Å². The van der Waals surface area contributed by atoms with Gasteiger partial charge in [0.15, 0.2) is 11.5 Å². The Morgan fingerprint density at radius 2 is 1.52 bits per heavy atom. The topological polar surface area (TPSA) is 122 Å². The molecule has 1 aromatic heterocycles. The third kappa shape index (κ3) is 7.98. The molecule has 0 saturated carbocycles. The summed E-state index contributed by atoms with van der Waals surface area (Å²) in [5.74, 6) is -0.470. The van der Waals surface area contributed by atoms with Crippen LogP contribution in [0, 0.1) is 0 Å². The van der Waals surface area contributed by atoms with Crippen molar-refractivity contribution >= 4 is 68.6 Å². The monoisotopic (exact) mass is 802 g/mol. The van der Waals surface area contributed by atoms with E-state index in [0.29, 0.717) is 42.9 Å². The van der Waals surface area contributed by atoms with E-state index in [1.807, 2.05) is 121 Å². The van der Waals surface area contributed by atoms with Gasteiger partial charge in [0.25, 0.3) is 0 Å². The van der Waals surface area contributed by atoms with Crippen molar-refractivity contribution in [3.63, 3.8) is 0 Å². The molecule has 2 N–H and O–H groups in total. The van der Waals surface area contributed by atoms with Crippen LogP contribution in [-0.2, 0) is 25.7 Å². The molecule has 2 fully saturated rings. The number of nitrogens with zero attached hydrogens (tertiary/aromatic N) is 3. The molecule has 3 aliphatic rings. The lowest BCUT2D eigenvalue weighted by Gasteiger charge is -2.48. The Hall–Kier alpha value is -5.34. The number of esters is 1. The van der Waals surface area contributed by atoms with Gasteiger partial charge in [0.05, 0.1) is 4.21 Å². The van der Waals surface area contributed by atoms with E-state index in [4.69, 9.17) is 15.2 Å². The van der Waals surface area contributed by atoms with Gasteiger partial charge in [0.2, 0.25) is 5.91 Å². The number of thioether (sulfide) groups is 2. The van der Waals surface area contributed by atoms with Crippen LogP contribution >= 0.6 is 34.9 Å². The molecule has 10 nitrogen and oxygen atoms in total. The number of anilines is 1. The van der Waals surface area contributed by atoms with Crippen LogP contribution in [0.1, 0.15) is 22.8 Å². The van der Waals surface area contributed by atoms with Crippen LogP contribution in [-0.4, -0.2) is 71.1 Å². The molecule has 13 heteroatoms. The van der Waals surface area contributed by atoms with Crippen LogP contribution < -0.4 is 16.1 Å². The number of hydrogen-bond donors (Lipinski definition) is 1. The maximum atomic E-state index is 14.1. The normalized spacial score (nSPS) is 18.3. The Labute approximate surface area is 336 Å². The van der Waals surface area contributed by atoms with Crippen molar-refractivity contribution in [2.24, 2.45) is 5.73 Å². The number of benzene rings is 4. The number of piperazine rings is 1. The zero-order valence-electron chi connectivity index (χ0n) is 30.2. The summed E-state index contributed by atoms with van der Waals surface area (Å²) in [6, 6.07) is 35.4. The number of carbonyl (C=O) groups excluding carboxylic acids is 3. The fraction of sp³-hybridized carbons (Fsp3) is 0.209. The molecule has 2 saturated heterocycles. The predicted molar refractivity (Wildman–Crippen MR) is 222 cm³/mol. The number of rotatable bonds is 10. The van der Waals surface area contributed by atoms with Crippen molar-refractivity contribution in [2.75, 3.05) is 36.8 Å². The lowest BCUT2D eigenvalue weighted by atomic mass is 10.0. The van der Waals surface area contributed by atoms with Crippen molar-refractivity contribution in [1.29, 1.82) is 0 Å². The zero-order chi connectivity index (χ0) is 38.6. The van der Waals surface area contributed by atoms with Gasteiger partial charge in [-0.15, -0.1) is 23.1 Å². The molecule has 8 rings (SSSR count). The van der Waals surface area contributed by atoms with Gasteiger partial charge >= 0.3 is 12.1 Å². The SMILES string of the molecule is N[C@@H]1C(=O)N2C(C(=O)OC(c3ccccc3)c3ccccc3)=C(/C=C/Sc3cc(=O)c4ccc(N5CCN(C(=O)OCc6ccccc6)CC5)cc4s3)CS[C@H]12. The smallest absolute Gasteiger partial charge is 0.410 e. The first kappa shape index (κ1) is 37.6. The first-order valence-electron chi connectivity index (χ1n) is 18.2. The van der Waals surface area contributed by atoms with Crippen LogP contribution in [0.5, 0.6) is 0 Å². The van der Waals surface area contributed by atoms with E-state index < -0.39 is 18.1 Å². The molecule has 4 aromatic carbocycles. The summed E-state index contributed by atoms with van der Waals surface area (Å²) in [4.78, 5) is 58.5. The molecule has 0 spiro atoms. The molecule has 4 heterocycles. The van der Waals surface area contributed by atoms with Gasteiger partial charge in [-0.05, 0) is 51.9 Å². The summed E-state index contributed by atoms with van der Waals surface area (Å²) in [6.07, 6.45) is 0.819. The summed E-state index contributed by atoms with van der Waals surface area (Å²) in [5.41, 5.74) is 10.4. The number of fused-ring (bicyclic) bond motifs is 2. The molecule has 2 amide bonds. The van der Waals surface area contributed by atoms with Crippen molar-refractivity contribution in [2.45, 2.75) is 28.3 Å². The van der Waals surface area contributed by atoms with Gasteiger partial charge in [-0.1, -0.05) is 103 Å². The average molecular weight is 803 g/mol. The lowest BCUT2D eigenvalue weighted by Crippen LogP contribution is -2.68. The minimum atomic E-state index is -0.688. The van der Waals surface area contributed by atoms with Gasteiger partial charge in [-0.25, -0.2) is 9.59 Å². The van der Waals surface area contributed by atoms with E-state index in [0.717, 1.165) is 31.3 Å². The number of carbonyl (C=O) groups is 3. The van der Waals surface area contributed by atoms with Crippen LogP contribution in [0.15, 0.2) is 147 Å². The number of amides is 2. The number of hydrogen-bond acceptors (Lipinski definition) is 11. The lowest BCUT2D eigenvalue weighted by molar-refractivity contribution is -0.153. The standard InChI is InChI=1S/C43H38N4O6S3/c44-37-40(49)47-38(42(50)53-39(29-12-6-2-7-13-29)30-14-8-3-9-15-30)31(27-55-41(37)47)18-23-54-36-25-34(48)33-17-16-32(24-35(33)56-36)45-19-21-46(22-20-45)43(51)52-26-28-10-4-1-5-11-28/h1-18,23-25,37,39,41H,19-22,26-27,44H2/b23-18+/t37-,41-/m1/s1. The third-order valence-electron chi connectivity index (χ3n) is 9.91. The van der Waals surface area contributed by atoms with E-state index >= 15 is 0 Å². The highest BCUT2D eigenvalue weighted by molar-refractivity contribution is 8.04. The first-order valence-corrected chi connectivity index (χ1v) is 20.9. The summed E-state index contributed by atoms with van der Waals surface area (Å²) >= 11 is 4.39. The Morgan fingerprint density at radius 1 is 0.857 bits per heavy atom.